The summed E-state index contributed by atoms with van der Waals surface area (Å²) in [6.45, 7) is 4.02. The van der Waals surface area contributed by atoms with E-state index in [2.05, 4.69) is 12.1 Å². The zero-order valence-corrected chi connectivity index (χ0v) is 15.2. The Labute approximate surface area is 147 Å². The van der Waals surface area contributed by atoms with E-state index >= 15 is 0 Å². The summed E-state index contributed by atoms with van der Waals surface area (Å²) in [5.41, 5.74) is 1.00. The van der Waals surface area contributed by atoms with E-state index in [1.165, 1.54) is 27.5 Å². The first kappa shape index (κ1) is 18.7. The molecule has 0 aliphatic heterocycles. The molecule has 24 heavy (non-hydrogen) atoms. The Kier molecular flexibility index (Phi) is 6.55. The molecule has 0 aliphatic rings. The molecule has 0 radical (unpaired) electrons. The van der Waals surface area contributed by atoms with Crippen LogP contribution in [0.3, 0.4) is 0 Å². The first-order valence-corrected chi connectivity index (χ1v) is 9.19. The molecule has 0 saturated carbocycles. The fourth-order valence-corrected chi connectivity index (χ4v) is 3.83. The van der Waals surface area contributed by atoms with Crippen molar-refractivity contribution < 1.29 is 14.3 Å². The summed E-state index contributed by atoms with van der Waals surface area (Å²) in [4.78, 5) is 13.6. The maximum atomic E-state index is 12.9. The highest BCUT2D eigenvalue weighted by atomic mass is 32.1. The van der Waals surface area contributed by atoms with Crippen molar-refractivity contribution in [1.82, 2.24) is 0 Å². The van der Waals surface area contributed by atoms with Crippen molar-refractivity contribution in [3.05, 3.63) is 57.5 Å². The highest BCUT2D eigenvalue weighted by Gasteiger charge is 2.21. The van der Waals surface area contributed by atoms with Crippen LogP contribution in [-0.4, -0.2) is 11.1 Å². The van der Waals surface area contributed by atoms with E-state index in [4.69, 9.17) is 5.11 Å². The molecule has 4 heteroatoms. The fourth-order valence-electron chi connectivity index (χ4n) is 2.77. The molecule has 2 rings (SSSR count). The second-order valence-corrected chi connectivity index (χ2v) is 8.34. The Bertz CT molecular complexity index is 659. The van der Waals surface area contributed by atoms with E-state index in [1.54, 1.807) is 0 Å². The molecule has 0 fully saturated rings. The Morgan fingerprint density at radius 2 is 1.67 bits per heavy atom. The number of carbonyl (C=O) groups is 1. The molecule has 1 N–H and O–H groups in total. The van der Waals surface area contributed by atoms with Crippen molar-refractivity contribution in [1.29, 1.82) is 0 Å². The molecular formula is C20H25FO2S. The van der Waals surface area contributed by atoms with Gasteiger partial charge in [-0.25, -0.2) is 4.39 Å². The summed E-state index contributed by atoms with van der Waals surface area (Å²) in [6, 6.07) is 11.1. The van der Waals surface area contributed by atoms with Gasteiger partial charge in [0.1, 0.15) is 5.82 Å². The largest absolute Gasteiger partial charge is 0.481 e. The molecule has 0 amide bonds. The summed E-state index contributed by atoms with van der Waals surface area (Å²) in [5, 5.41) is 8.94. The number of hydrogen-bond donors (Lipinski definition) is 1. The second-order valence-electron chi connectivity index (χ2n) is 7.08. The van der Waals surface area contributed by atoms with Gasteiger partial charge in [0.25, 0.3) is 0 Å². The molecule has 1 aromatic carbocycles. The van der Waals surface area contributed by atoms with Crippen molar-refractivity contribution in [2.24, 2.45) is 5.41 Å². The van der Waals surface area contributed by atoms with Crippen molar-refractivity contribution in [2.45, 2.75) is 52.4 Å². The van der Waals surface area contributed by atoms with Gasteiger partial charge in [0.15, 0.2) is 0 Å². The average molecular weight is 348 g/mol. The number of benzene rings is 1. The molecule has 1 aromatic heterocycles. The third-order valence-electron chi connectivity index (χ3n) is 4.20. The van der Waals surface area contributed by atoms with Crippen molar-refractivity contribution >= 4 is 17.3 Å². The summed E-state index contributed by atoms with van der Waals surface area (Å²) in [5.74, 6) is -0.917. The standard InChI is InChI=1S/C20H25FO2S/c1-20(2,14-19(22)23)13-12-18-11-10-17(24-18)5-3-4-15-6-8-16(21)9-7-15/h6-11H,3-5,12-14H2,1-2H3,(H,22,23). The van der Waals surface area contributed by atoms with E-state index < -0.39 is 5.97 Å². The summed E-state index contributed by atoms with van der Waals surface area (Å²) in [7, 11) is 0. The van der Waals surface area contributed by atoms with Gasteiger partial charge in [0, 0.05) is 9.75 Å². The van der Waals surface area contributed by atoms with E-state index in [0.717, 1.165) is 32.1 Å². The van der Waals surface area contributed by atoms with Crippen LogP contribution in [0.15, 0.2) is 36.4 Å². The van der Waals surface area contributed by atoms with Gasteiger partial charge in [0.2, 0.25) is 0 Å². The molecule has 1 heterocycles. The molecule has 130 valence electrons. The summed E-state index contributed by atoms with van der Waals surface area (Å²) < 4.78 is 12.9. The zero-order valence-electron chi connectivity index (χ0n) is 14.3. The second kappa shape index (κ2) is 8.43. The predicted octanol–water partition coefficient (Wildman–Crippen LogP) is 5.50. The Balaban J connectivity index is 1.76. The third kappa shape index (κ3) is 6.44. The highest BCUT2D eigenvalue weighted by molar-refractivity contribution is 7.11. The van der Waals surface area contributed by atoms with Crippen molar-refractivity contribution in [3.8, 4) is 0 Å². The van der Waals surface area contributed by atoms with Crippen LogP contribution in [0.25, 0.3) is 0 Å². The molecule has 0 bridgehead atoms. The van der Waals surface area contributed by atoms with Crippen LogP contribution < -0.4 is 0 Å². The van der Waals surface area contributed by atoms with Crippen molar-refractivity contribution in [3.63, 3.8) is 0 Å². The number of aryl methyl sites for hydroxylation is 3. The van der Waals surface area contributed by atoms with Crippen LogP contribution in [0.2, 0.25) is 0 Å². The number of carboxylic acids is 1. The monoisotopic (exact) mass is 348 g/mol. The molecule has 0 spiro atoms. The smallest absolute Gasteiger partial charge is 0.303 e. The van der Waals surface area contributed by atoms with Crippen LogP contribution in [0.5, 0.6) is 0 Å². The molecule has 0 atom stereocenters. The SMILES string of the molecule is CC(C)(CCc1ccc(CCCc2ccc(F)cc2)s1)CC(=O)O. The molecule has 0 unspecified atom stereocenters. The molecule has 2 nitrogen and oxygen atoms in total. The highest BCUT2D eigenvalue weighted by Crippen LogP contribution is 2.29. The van der Waals surface area contributed by atoms with Gasteiger partial charge in [-0.15, -0.1) is 11.3 Å². The van der Waals surface area contributed by atoms with Gasteiger partial charge < -0.3 is 5.11 Å². The van der Waals surface area contributed by atoms with Crippen LogP contribution in [0.1, 0.15) is 48.4 Å². The van der Waals surface area contributed by atoms with E-state index in [0.29, 0.717) is 0 Å². The van der Waals surface area contributed by atoms with Crippen LogP contribution >= 0.6 is 11.3 Å². The normalized spacial score (nSPS) is 11.6. The van der Waals surface area contributed by atoms with E-state index in [9.17, 15) is 9.18 Å². The minimum atomic E-state index is -0.729. The Hall–Kier alpha value is -1.68. The van der Waals surface area contributed by atoms with Gasteiger partial charge in [-0.3, -0.25) is 4.79 Å². The Morgan fingerprint density at radius 1 is 1.04 bits per heavy atom. The first-order chi connectivity index (χ1) is 11.3. The molecule has 0 aliphatic carbocycles. The number of hydrogen-bond acceptors (Lipinski definition) is 2. The quantitative estimate of drug-likeness (QED) is 0.650. The lowest BCUT2D eigenvalue weighted by molar-refractivity contribution is -0.139. The fraction of sp³-hybridized carbons (Fsp3) is 0.450. The lowest BCUT2D eigenvalue weighted by atomic mass is 9.84. The molecule has 0 saturated heterocycles. The topological polar surface area (TPSA) is 37.3 Å². The van der Waals surface area contributed by atoms with Crippen LogP contribution in [0, 0.1) is 11.2 Å². The predicted molar refractivity (Wildman–Crippen MR) is 97.1 cm³/mol. The number of aliphatic carboxylic acids is 1. The number of rotatable bonds is 9. The van der Waals surface area contributed by atoms with E-state index in [1.807, 2.05) is 37.3 Å². The molecule has 2 aromatic rings. The summed E-state index contributed by atoms with van der Waals surface area (Å²) >= 11 is 1.82. The Morgan fingerprint density at radius 3 is 2.29 bits per heavy atom. The van der Waals surface area contributed by atoms with Gasteiger partial charge >= 0.3 is 5.97 Å². The number of thiophene rings is 1. The van der Waals surface area contributed by atoms with Gasteiger partial charge in [-0.1, -0.05) is 26.0 Å². The van der Waals surface area contributed by atoms with Crippen LogP contribution in [0.4, 0.5) is 4.39 Å². The van der Waals surface area contributed by atoms with E-state index in [-0.39, 0.29) is 17.7 Å². The third-order valence-corrected chi connectivity index (χ3v) is 5.40. The maximum absolute atomic E-state index is 12.9. The number of halogens is 1. The lowest BCUT2D eigenvalue weighted by Gasteiger charge is -2.21. The average Bonchev–Trinajstić information content (AvgIpc) is 2.94. The van der Waals surface area contributed by atoms with Gasteiger partial charge in [-0.2, -0.15) is 0 Å². The lowest BCUT2D eigenvalue weighted by Crippen LogP contribution is -2.17. The van der Waals surface area contributed by atoms with Crippen LogP contribution in [-0.2, 0) is 24.1 Å². The molecular weight excluding hydrogens is 323 g/mol. The maximum Gasteiger partial charge on any atom is 0.303 e. The summed E-state index contributed by atoms with van der Waals surface area (Å²) in [6.07, 6.45) is 5.07. The van der Waals surface area contributed by atoms with Gasteiger partial charge in [0.05, 0.1) is 6.42 Å². The van der Waals surface area contributed by atoms with Crippen molar-refractivity contribution in [2.75, 3.05) is 0 Å². The number of carboxylic acid groups (broad SMARTS) is 1. The first-order valence-electron chi connectivity index (χ1n) is 8.38. The minimum Gasteiger partial charge on any atom is -0.481 e. The zero-order chi connectivity index (χ0) is 17.6. The minimum absolute atomic E-state index is 0.168. The van der Waals surface area contributed by atoms with Gasteiger partial charge in [-0.05, 0) is 67.3 Å².